The number of benzene rings is 3. The third-order valence-corrected chi connectivity index (χ3v) is 5.87. The summed E-state index contributed by atoms with van der Waals surface area (Å²) in [6, 6.07) is 26.9. The zero-order chi connectivity index (χ0) is 22.3. The summed E-state index contributed by atoms with van der Waals surface area (Å²) in [5.41, 5.74) is 2.67. The van der Waals surface area contributed by atoms with Gasteiger partial charge in [0, 0.05) is 61.1 Å². The van der Waals surface area contributed by atoms with Crippen molar-refractivity contribution in [1.82, 2.24) is 4.90 Å². The van der Waals surface area contributed by atoms with E-state index in [0.717, 1.165) is 30.2 Å². The van der Waals surface area contributed by atoms with Crippen LogP contribution in [0, 0.1) is 0 Å². The lowest BCUT2D eigenvalue weighted by atomic mass is 10.1. The fourth-order valence-corrected chi connectivity index (χ4v) is 4.15. The Morgan fingerprint density at radius 2 is 1.34 bits per heavy atom. The summed E-state index contributed by atoms with van der Waals surface area (Å²) in [4.78, 5) is 31.7. The van der Waals surface area contributed by atoms with Crippen molar-refractivity contribution in [2.24, 2.45) is 0 Å². The molecule has 0 radical (unpaired) electrons. The molecular formula is C26H26ClN3O2. The number of nitrogens with zero attached hydrogens (tertiary/aromatic N) is 3. The maximum Gasteiger partial charge on any atom is 0.232 e. The molecule has 1 aliphatic rings. The van der Waals surface area contributed by atoms with Crippen molar-refractivity contribution in [1.29, 1.82) is 0 Å². The van der Waals surface area contributed by atoms with E-state index >= 15 is 0 Å². The molecular weight excluding hydrogens is 422 g/mol. The third-order valence-electron chi connectivity index (χ3n) is 5.64. The van der Waals surface area contributed by atoms with Gasteiger partial charge in [0.15, 0.2) is 0 Å². The molecule has 1 aliphatic heterocycles. The summed E-state index contributed by atoms with van der Waals surface area (Å²) in [5, 5.41) is 0.709. The molecule has 1 fully saturated rings. The first-order valence-electron chi connectivity index (χ1n) is 10.8. The van der Waals surface area contributed by atoms with E-state index < -0.39 is 0 Å². The number of piperazine rings is 1. The third kappa shape index (κ3) is 5.29. The Balaban J connectivity index is 1.35. The first-order valence-corrected chi connectivity index (χ1v) is 11.2. The van der Waals surface area contributed by atoms with Crippen LogP contribution < -0.4 is 9.80 Å². The molecule has 0 saturated carbocycles. The van der Waals surface area contributed by atoms with E-state index in [1.165, 1.54) is 0 Å². The fourth-order valence-electron chi connectivity index (χ4n) is 3.96. The predicted molar refractivity (Wildman–Crippen MR) is 130 cm³/mol. The van der Waals surface area contributed by atoms with Crippen molar-refractivity contribution in [2.75, 3.05) is 36.0 Å². The molecule has 1 saturated heterocycles. The van der Waals surface area contributed by atoms with E-state index in [9.17, 15) is 9.59 Å². The number of carbonyl (C=O) groups is 2. The second-order valence-corrected chi connectivity index (χ2v) is 8.18. The maximum absolute atomic E-state index is 13.1. The quantitative estimate of drug-likeness (QED) is 0.526. The van der Waals surface area contributed by atoms with E-state index in [4.69, 9.17) is 11.6 Å². The lowest BCUT2D eigenvalue weighted by Crippen LogP contribution is -2.49. The van der Waals surface area contributed by atoms with Gasteiger partial charge in [0.2, 0.25) is 11.8 Å². The van der Waals surface area contributed by atoms with Gasteiger partial charge in [0.05, 0.1) is 0 Å². The van der Waals surface area contributed by atoms with Crippen molar-refractivity contribution in [3.8, 4) is 0 Å². The zero-order valence-electron chi connectivity index (χ0n) is 17.9. The standard InChI is InChI=1S/C26H26ClN3O2/c27-21-8-7-13-24(20-21)28-16-18-29(19-17-28)25(31)14-15-26(32)30(22-9-3-1-4-10-22)23-11-5-2-6-12-23/h1-13,20H,14-19H2. The van der Waals surface area contributed by atoms with Crippen molar-refractivity contribution in [2.45, 2.75) is 12.8 Å². The molecule has 0 N–H and O–H groups in total. The minimum atomic E-state index is -0.0895. The molecule has 32 heavy (non-hydrogen) atoms. The summed E-state index contributed by atoms with van der Waals surface area (Å²) in [6.45, 7) is 2.78. The Morgan fingerprint density at radius 3 is 1.91 bits per heavy atom. The SMILES string of the molecule is O=C(CCC(=O)N(c1ccccc1)c1ccccc1)N1CCN(c2cccc(Cl)c2)CC1. The molecule has 2 amide bonds. The molecule has 164 valence electrons. The largest absolute Gasteiger partial charge is 0.368 e. The zero-order valence-corrected chi connectivity index (χ0v) is 18.6. The van der Waals surface area contributed by atoms with Crippen LogP contribution in [0.1, 0.15) is 12.8 Å². The lowest BCUT2D eigenvalue weighted by Gasteiger charge is -2.36. The first kappa shape index (κ1) is 21.9. The lowest BCUT2D eigenvalue weighted by molar-refractivity contribution is -0.133. The van der Waals surface area contributed by atoms with Crippen LogP contribution in [0.4, 0.5) is 17.1 Å². The van der Waals surface area contributed by atoms with Crippen LogP contribution in [-0.2, 0) is 9.59 Å². The Morgan fingerprint density at radius 1 is 0.750 bits per heavy atom. The Kier molecular flexibility index (Phi) is 7.07. The van der Waals surface area contributed by atoms with E-state index in [1.807, 2.05) is 89.8 Å². The topological polar surface area (TPSA) is 43.9 Å². The molecule has 1 heterocycles. The normalized spacial score (nSPS) is 13.7. The monoisotopic (exact) mass is 447 g/mol. The van der Waals surface area contributed by atoms with Gasteiger partial charge in [-0.15, -0.1) is 0 Å². The Labute approximate surface area is 193 Å². The van der Waals surface area contributed by atoms with Gasteiger partial charge < -0.3 is 9.80 Å². The molecule has 0 bridgehead atoms. The van der Waals surface area contributed by atoms with Crippen LogP contribution in [0.15, 0.2) is 84.9 Å². The van der Waals surface area contributed by atoms with Crippen molar-refractivity contribution >= 4 is 40.5 Å². The summed E-state index contributed by atoms with van der Waals surface area (Å²) < 4.78 is 0. The smallest absolute Gasteiger partial charge is 0.232 e. The van der Waals surface area contributed by atoms with Crippen LogP contribution in [0.2, 0.25) is 5.02 Å². The molecule has 0 atom stereocenters. The van der Waals surface area contributed by atoms with Gasteiger partial charge in [-0.1, -0.05) is 54.1 Å². The summed E-state index contributed by atoms with van der Waals surface area (Å²) in [7, 11) is 0. The Hall–Kier alpha value is -3.31. The highest BCUT2D eigenvalue weighted by Crippen LogP contribution is 2.26. The summed E-state index contributed by atoms with van der Waals surface area (Å²) >= 11 is 6.10. The molecule has 5 nitrogen and oxygen atoms in total. The summed E-state index contributed by atoms with van der Waals surface area (Å²) in [5.74, 6) is -0.0709. The van der Waals surface area contributed by atoms with Gasteiger partial charge in [-0.05, 0) is 42.5 Å². The number of para-hydroxylation sites is 2. The first-order chi connectivity index (χ1) is 15.6. The second kappa shape index (κ2) is 10.3. The average molecular weight is 448 g/mol. The van der Waals surface area contributed by atoms with Crippen molar-refractivity contribution in [3.05, 3.63) is 90.0 Å². The number of anilines is 3. The number of amides is 2. The van der Waals surface area contributed by atoms with Gasteiger partial charge in [0.25, 0.3) is 0 Å². The Bertz CT molecular complexity index is 1010. The minimum Gasteiger partial charge on any atom is -0.368 e. The highest BCUT2D eigenvalue weighted by atomic mass is 35.5. The van der Waals surface area contributed by atoms with Crippen molar-refractivity contribution < 1.29 is 9.59 Å². The maximum atomic E-state index is 13.1. The van der Waals surface area contributed by atoms with Crippen LogP contribution in [0.25, 0.3) is 0 Å². The van der Waals surface area contributed by atoms with Crippen LogP contribution in [0.3, 0.4) is 0 Å². The van der Waals surface area contributed by atoms with Crippen molar-refractivity contribution in [3.63, 3.8) is 0 Å². The highest BCUT2D eigenvalue weighted by molar-refractivity contribution is 6.30. The second-order valence-electron chi connectivity index (χ2n) is 7.75. The highest BCUT2D eigenvalue weighted by Gasteiger charge is 2.24. The molecule has 4 rings (SSSR count). The predicted octanol–water partition coefficient (Wildman–Crippen LogP) is 5.13. The van der Waals surface area contributed by atoms with Gasteiger partial charge >= 0.3 is 0 Å². The van der Waals surface area contributed by atoms with E-state index in [0.29, 0.717) is 18.1 Å². The molecule has 6 heteroatoms. The van der Waals surface area contributed by atoms with E-state index in [2.05, 4.69) is 4.90 Å². The van der Waals surface area contributed by atoms with E-state index in [1.54, 1.807) is 4.90 Å². The molecule has 3 aromatic rings. The summed E-state index contributed by atoms with van der Waals surface area (Å²) in [6.07, 6.45) is 0.364. The van der Waals surface area contributed by atoms with Gasteiger partial charge in [0.1, 0.15) is 0 Å². The van der Waals surface area contributed by atoms with Crippen LogP contribution >= 0.6 is 11.6 Å². The van der Waals surface area contributed by atoms with Gasteiger partial charge in [-0.25, -0.2) is 0 Å². The molecule has 0 aromatic heterocycles. The van der Waals surface area contributed by atoms with Gasteiger partial charge in [-0.3, -0.25) is 14.5 Å². The number of halogens is 1. The molecule has 0 aliphatic carbocycles. The van der Waals surface area contributed by atoms with E-state index in [-0.39, 0.29) is 24.7 Å². The fraction of sp³-hybridized carbons (Fsp3) is 0.231. The number of hydrogen-bond acceptors (Lipinski definition) is 3. The molecule has 0 spiro atoms. The van der Waals surface area contributed by atoms with Crippen LogP contribution in [0.5, 0.6) is 0 Å². The molecule has 3 aromatic carbocycles. The van der Waals surface area contributed by atoms with Crippen LogP contribution in [-0.4, -0.2) is 42.9 Å². The minimum absolute atomic E-state index is 0.0187. The number of rotatable bonds is 6. The average Bonchev–Trinajstić information content (AvgIpc) is 2.84. The number of carbonyl (C=O) groups excluding carboxylic acids is 2. The molecule has 0 unspecified atom stereocenters. The number of hydrogen-bond donors (Lipinski definition) is 0. The van der Waals surface area contributed by atoms with Gasteiger partial charge in [-0.2, -0.15) is 0 Å².